The minimum atomic E-state index is -1.92. The molecule has 4 saturated carbocycles. The van der Waals surface area contributed by atoms with E-state index >= 15 is 0 Å². The Morgan fingerprint density at radius 2 is 1.43 bits per heavy atom. The van der Waals surface area contributed by atoms with Gasteiger partial charge in [0.2, 0.25) is 8.32 Å². The molecule has 0 unspecified atom stereocenters. The minimum absolute atomic E-state index is 0.0318. The Labute approximate surface area is 219 Å². The summed E-state index contributed by atoms with van der Waals surface area (Å²) in [6.45, 7) is 25.9. The van der Waals surface area contributed by atoms with Crippen LogP contribution in [0.2, 0.25) is 16.1 Å². The second-order valence-electron chi connectivity index (χ2n) is 16.0. The molecule has 4 aliphatic rings. The molecule has 0 heterocycles. The normalized spacial score (nSPS) is 43.1. The van der Waals surface area contributed by atoms with Crippen LogP contribution in [0.15, 0.2) is 0 Å². The molecule has 0 bridgehead atoms. The van der Waals surface area contributed by atoms with E-state index in [0.29, 0.717) is 27.8 Å². The summed E-state index contributed by atoms with van der Waals surface area (Å²) >= 11 is 0. The first-order chi connectivity index (χ1) is 16.2. The number of hydrogen-bond donors (Lipinski definition) is 1. The average molecular weight is 505 g/mol. The third-order valence-corrected chi connectivity index (χ3v) is 19.3. The monoisotopic (exact) mass is 504 g/mol. The van der Waals surface area contributed by atoms with Crippen molar-refractivity contribution in [3.8, 4) is 0 Å². The Hall–Kier alpha value is 0.137. The van der Waals surface area contributed by atoms with Crippen LogP contribution in [0.25, 0.3) is 0 Å². The third kappa shape index (κ3) is 4.44. The molecule has 4 aliphatic carbocycles. The zero-order chi connectivity index (χ0) is 26.0. The van der Waals surface area contributed by atoms with Gasteiger partial charge in [-0.15, -0.1) is 0 Å². The molecule has 0 radical (unpaired) electrons. The van der Waals surface area contributed by atoms with E-state index in [1.165, 1.54) is 44.9 Å². The van der Waals surface area contributed by atoms with Gasteiger partial charge in [0.1, 0.15) is 0 Å². The van der Waals surface area contributed by atoms with Gasteiger partial charge < -0.3 is 9.53 Å². The van der Waals surface area contributed by atoms with E-state index < -0.39 is 8.32 Å². The summed E-state index contributed by atoms with van der Waals surface area (Å²) in [7, 11) is -1.92. The average Bonchev–Trinajstić information content (AvgIpc) is 3.10. The van der Waals surface area contributed by atoms with Crippen molar-refractivity contribution in [1.29, 1.82) is 0 Å². The van der Waals surface area contributed by atoms with Gasteiger partial charge in [-0.2, -0.15) is 0 Å². The van der Waals surface area contributed by atoms with Crippen molar-refractivity contribution in [3.05, 3.63) is 0 Å². The molecule has 1 N–H and O–H groups in total. The lowest BCUT2D eigenvalue weighted by Crippen LogP contribution is -2.55. The van der Waals surface area contributed by atoms with Gasteiger partial charge in [0.25, 0.3) is 0 Å². The van der Waals surface area contributed by atoms with Crippen LogP contribution in [0.5, 0.6) is 0 Å². The molecular formula is C32H60O2Si. The molecule has 35 heavy (non-hydrogen) atoms. The highest BCUT2D eigenvalue weighted by atomic mass is 28.4. The van der Waals surface area contributed by atoms with E-state index in [9.17, 15) is 5.11 Å². The number of hydrogen-bond acceptors (Lipinski definition) is 2. The lowest BCUT2D eigenvalue weighted by Gasteiger charge is -2.61. The molecule has 9 atom stereocenters. The van der Waals surface area contributed by atoms with Crippen molar-refractivity contribution in [2.75, 3.05) is 6.61 Å². The summed E-state index contributed by atoms with van der Waals surface area (Å²) < 4.78 is 7.23. The standard InChI is InChI=1S/C32H60O2Si/c1-21(2)35(22(3)4,30(6,7)8)34-20-23(5)27-13-14-28-26-12-11-24-19-25(33)15-17-31(24,9)29(26)16-18-32(27,28)10/h21-29,33H,11-20H2,1-10H3/t23-,24+,25+,26+,27-,28+,29+,31+,32-/m1/s1. The van der Waals surface area contributed by atoms with E-state index in [1.54, 1.807) is 0 Å². The molecule has 0 aromatic carbocycles. The van der Waals surface area contributed by atoms with E-state index in [2.05, 4.69) is 69.2 Å². The van der Waals surface area contributed by atoms with E-state index in [0.717, 1.165) is 49.0 Å². The molecule has 204 valence electrons. The summed E-state index contributed by atoms with van der Waals surface area (Å²) in [5.74, 6) is 4.99. The Morgan fingerprint density at radius 3 is 2.03 bits per heavy atom. The second kappa shape index (κ2) is 9.71. The van der Waals surface area contributed by atoms with Crippen LogP contribution in [0, 0.1) is 46.3 Å². The van der Waals surface area contributed by atoms with Gasteiger partial charge in [0, 0.05) is 6.61 Å². The van der Waals surface area contributed by atoms with Crippen molar-refractivity contribution in [2.45, 2.75) is 149 Å². The van der Waals surface area contributed by atoms with Gasteiger partial charge in [0.05, 0.1) is 6.10 Å². The molecule has 0 saturated heterocycles. The molecule has 0 aliphatic heterocycles. The highest BCUT2D eigenvalue weighted by Gasteiger charge is 2.61. The predicted molar refractivity (Wildman–Crippen MR) is 152 cm³/mol. The SMILES string of the molecule is CC(C)[Si](OC[C@@H](C)[C@H]1CC[C@H]2[C@@H]3CC[C@H]4C[C@@H](O)CC[C@]4(C)[C@H]3CC[C@]12C)(C(C)C)C(C)(C)C. The van der Waals surface area contributed by atoms with Crippen LogP contribution in [0.3, 0.4) is 0 Å². The second-order valence-corrected chi connectivity index (χ2v) is 21.6. The van der Waals surface area contributed by atoms with Gasteiger partial charge >= 0.3 is 0 Å². The maximum absolute atomic E-state index is 10.4. The lowest BCUT2D eigenvalue weighted by molar-refractivity contribution is -0.129. The van der Waals surface area contributed by atoms with Crippen molar-refractivity contribution in [2.24, 2.45) is 46.3 Å². The van der Waals surface area contributed by atoms with Crippen LogP contribution < -0.4 is 0 Å². The molecule has 0 aromatic rings. The fourth-order valence-corrected chi connectivity index (χ4v) is 18.0. The van der Waals surface area contributed by atoms with Gasteiger partial charge in [0.15, 0.2) is 0 Å². The first kappa shape index (κ1) is 28.2. The van der Waals surface area contributed by atoms with Crippen molar-refractivity contribution in [3.63, 3.8) is 0 Å². The quantitative estimate of drug-likeness (QED) is 0.365. The zero-order valence-electron chi connectivity index (χ0n) is 25.1. The fraction of sp³-hybridized carbons (Fsp3) is 1.00. The maximum atomic E-state index is 10.4. The van der Waals surface area contributed by atoms with E-state index in [1.807, 2.05) is 0 Å². The molecule has 0 spiro atoms. The Balaban J connectivity index is 1.49. The summed E-state index contributed by atoms with van der Waals surface area (Å²) in [4.78, 5) is 0. The van der Waals surface area contributed by atoms with Crippen LogP contribution in [-0.2, 0) is 4.43 Å². The minimum Gasteiger partial charge on any atom is -0.415 e. The van der Waals surface area contributed by atoms with Crippen LogP contribution in [0.1, 0.15) is 127 Å². The highest BCUT2D eigenvalue weighted by molar-refractivity contribution is 6.79. The van der Waals surface area contributed by atoms with Crippen molar-refractivity contribution in [1.82, 2.24) is 0 Å². The summed E-state index contributed by atoms with van der Waals surface area (Å²) in [5.41, 5.74) is 2.27. The fourth-order valence-electron chi connectivity index (χ4n) is 11.5. The van der Waals surface area contributed by atoms with Crippen LogP contribution >= 0.6 is 0 Å². The molecule has 4 rings (SSSR count). The predicted octanol–water partition coefficient (Wildman–Crippen LogP) is 9.22. The van der Waals surface area contributed by atoms with Gasteiger partial charge in [-0.05, 0) is 120 Å². The molecule has 2 nitrogen and oxygen atoms in total. The largest absolute Gasteiger partial charge is 0.415 e. The van der Waals surface area contributed by atoms with Crippen molar-refractivity contribution < 1.29 is 9.53 Å². The Kier molecular flexibility index (Phi) is 7.81. The number of aliphatic hydroxyl groups excluding tert-OH is 1. The first-order valence-corrected chi connectivity index (χ1v) is 17.6. The maximum Gasteiger partial charge on any atom is 0.203 e. The van der Waals surface area contributed by atoms with Crippen LogP contribution in [0.4, 0.5) is 0 Å². The molecule has 3 heteroatoms. The molecule has 4 fully saturated rings. The molecular weight excluding hydrogens is 444 g/mol. The van der Waals surface area contributed by atoms with Crippen LogP contribution in [-0.4, -0.2) is 26.1 Å². The molecule has 0 aromatic heterocycles. The third-order valence-electron chi connectivity index (χ3n) is 12.9. The van der Waals surface area contributed by atoms with Gasteiger partial charge in [-0.1, -0.05) is 69.2 Å². The van der Waals surface area contributed by atoms with Gasteiger partial charge in [-0.3, -0.25) is 0 Å². The lowest BCUT2D eigenvalue weighted by atomic mass is 9.44. The summed E-state index contributed by atoms with van der Waals surface area (Å²) in [6, 6.07) is 0. The number of fused-ring (bicyclic) bond motifs is 5. The summed E-state index contributed by atoms with van der Waals surface area (Å²) in [5, 5.41) is 10.6. The number of rotatable bonds is 6. The number of aliphatic hydroxyl groups is 1. The topological polar surface area (TPSA) is 29.5 Å². The first-order valence-electron chi connectivity index (χ1n) is 15.5. The smallest absolute Gasteiger partial charge is 0.203 e. The van der Waals surface area contributed by atoms with E-state index in [-0.39, 0.29) is 11.1 Å². The Bertz CT molecular complexity index is 732. The van der Waals surface area contributed by atoms with Gasteiger partial charge in [-0.25, -0.2) is 0 Å². The zero-order valence-corrected chi connectivity index (χ0v) is 26.1. The van der Waals surface area contributed by atoms with E-state index in [4.69, 9.17) is 4.43 Å². The summed E-state index contributed by atoms with van der Waals surface area (Å²) in [6.07, 6.45) is 11.9. The molecule has 0 amide bonds. The van der Waals surface area contributed by atoms with Crippen molar-refractivity contribution >= 4 is 8.32 Å². The highest BCUT2D eigenvalue weighted by Crippen LogP contribution is 2.68. The Morgan fingerprint density at radius 1 is 0.829 bits per heavy atom.